The Bertz CT molecular complexity index is 1280. The van der Waals surface area contributed by atoms with Crippen LogP contribution < -0.4 is 10.6 Å². The van der Waals surface area contributed by atoms with E-state index in [1.54, 1.807) is 0 Å². The van der Waals surface area contributed by atoms with Crippen LogP contribution in [0, 0.1) is 5.92 Å². The van der Waals surface area contributed by atoms with Crippen molar-refractivity contribution in [1.29, 1.82) is 0 Å². The fourth-order valence-electron chi connectivity index (χ4n) is 5.46. The minimum atomic E-state index is 0.315. The van der Waals surface area contributed by atoms with E-state index in [-0.39, 0.29) is 0 Å². The lowest BCUT2D eigenvalue weighted by Crippen LogP contribution is -2.24. The lowest BCUT2D eigenvalue weighted by atomic mass is 10.0. The van der Waals surface area contributed by atoms with E-state index in [4.69, 9.17) is 0 Å². The lowest BCUT2D eigenvalue weighted by Gasteiger charge is -2.09. The second kappa shape index (κ2) is 9.10. The van der Waals surface area contributed by atoms with Crippen molar-refractivity contribution in [3.05, 3.63) is 72.6 Å². The number of aromatic nitrogens is 4. The normalized spacial score (nSPS) is 26.4. The molecule has 2 saturated heterocycles. The Morgan fingerprint density at radius 2 is 1.14 bits per heavy atom. The molecular formula is C29H34N6. The standard InChI is InChI=1S/C29H34N6/c1-17-14-25(33-19(17)3)29-31-16-27(35-29)23-11-7-21(8-12-23)20-5-9-22(10-6-20)26-15-30-28(34-26)24-13-4-18(2)32-24/h5-12,15-19,24-25,32-33H,4,13-14H2,1-3H3,(H,30,34)(H,31,35)/t17?,18?,19-,24?,25?/m0/s1. The van der Waals surface area contributed by atoms with Crippen LogP contribution in [-0.2, 0) is 0 Å². The molecular weight excluding hydrogens is 432 g/mol. The van der Waals surface area contributed by atoms with Crippen molar-refractivity contribution in [2.45, 2.75) is 64.2 Å². The average Bonchev–Trinajstić information content (AvgIpc) is 3.67. The van der Waals surface area contributed by atoms with Gasteiger partial charge in [0.05, 0.1) is 35.9 Å². The molecule has 2 aliphatic rings. The predicted octanol–water partition coefficient (Wildman–Crippen LogP) is 6.01. The second-order valence-corrected chi connectivity index (χ2v) is 10.4. The zero-order valence-electron chi connectivity index (χ0n) is 20.7. The van der Waals surface area contributed by atoms with Crippen molar-refractivity contribution in [1.82, 2.24) is 30.6 Å². The number of nitrogens with zero attached hydrogens (tertiary/aromatic N) is 2. The molecule has 0 spiro atoms. The van der Waals surface area contributed by atoms with Gasteiger partial charge >= 0.3 is 0 Å². The van der Waals surface area contributed by atoms with E-state index < -0.39 is 0 Å². The fourth-order valence-corrected chi connectivity index (χ4v) is 5.46. The number of aromatic amines is 2. The zero-order valence-corrected chi connectivity index (χ0v) is 20.7. The van der Waals surface area contributed by atoms with Gasteiger partial charge in [0.1, 0.15) is 11.6 Å². The molecule has 35 heavy (non-hydrogen) atoms. The van der Waals surface area contributed by atoms with E-state index in [1.807, 2.05) is 12.4 Å². The maximum atomic E-state index is 4.66. The molecule has 4 heterocycles. The first-order chi connectivity index (χ1) is 17.0. The van der Waals surface area contributed by atoms with Crippen LogP contribution in [0.2, 0.25) is 0 Å². The first kappa shape index (κ1) is 22.3. The predicted molar refractivity (Wildman–Crippen MR) is 141 cm³/mol. The molecule has 2 aromatic heterocycles. The van der Waals surface area contributed by atoms with Gasteiger partial charge in [-0.3, -0.25) is 0 Å². The molecule has 5 atom stereocenters. The van der Waals surface area contributed by atoms with E-state index in [9.17, 15) is 0 Å². The molecule has 0 aliphatic carbocycles. The van der Waals surface area contributed by atoms with Crippen molar-refractivity contribution in [2.75, 3.05) is 0 Å². The number of benzene rings is 2. The number of rotatable bonds is 5. The highest BCUT2D eigenvalue weighted by atomic mass is 15.1. The Morgan fingerprint density at radius 1 is 0.629 bits per heavy atom. The Kier molecular flexibility index (Phi) is 5.78. The summed E-state index contributed by atoms with van der Waals surface area (Å²) in [4.78, 5) is 16.3. The van der Waals surface area contributed by atoms with Crippen LogP contribution in [0.15, 0.2) is 60.9 Å². The van der Waals surface area contributed by atoms with Gasteiger partial charge < -0.3 is 20.6 Å². The summed E-state index contributed by atoms with van der Waals surface area (Å²) in [6, 6.07) is 19.2. The van der Waals surface area contributed by atoms with Gasteiger partial charge in [0.2, 0.25) is 0 Å². The number of nitrogens with one attached hydrogen (secondary N) is 4. The maximum Gasteiger partial charge on any atom is 0.123 e. The summed E-state index contributed by atoms with van der Waals surface area (Å²) in [5.74, 6) is 2.75. The van der Waals surface area contributed by atoms with Crippen molar-refractivity contribution in [3.63, 3.8) is 0 Å². The lowest BCUT2D eigenvalue weighted by molar-refractivity contribution is 0.516. The highest BCUT2D eigenvalue weighted by Crippen LogP contribution is 2.32. The van der Waals surface area contributed by atoms with Crippen LogP contribution in [0.1, 0.15) is 63.8 Å². The molecule has 0 amide bonds. The third kappa shape index (κ3) is 4.44. The van der Waals surface area contributed by atoms with E-state index in [1.165, 1.54) is 17.5 Å². The monoisotopic (exact) mass is 466 g/mol. The first-order valence-electron chi connectivity index (χ1n) is 12.9. The van der Waals surface area contributed by atoms with Gasteiger partial charge in [-0.1, -0.05) is 55.5 Å². The van der Waals surface area contributed by atoms with Crippen molar-refractivity contribution in [3.8, 4) is 33.6 Å². The summed E-state index contributed by atoms with van der Waals surface area (Å²) in [5, 5.41) is 7.24. The molecule has 6 nitrogen and oxygen atoms in total. The molecule has 4 aromatic rings. The molecule has 0 radical (unpaired) electrons. The van der Waals surface area contributed by atoms with Gasteiger partial charge in [-0.2, -0.15) is 0 Å². The van der Waals surface area contributed by atoms with Gasteiger partial charge in [0.15, 0.2) is 0 Å². The third-order valence-electron chi connectivity index (χ3n) is 7.88. The molecule has 4 unspecified atom stereocenters. The Labute approximate surface area is 207 Å². The topological polar surface area (TPSA) is 81.4 Å². The first-order valence-corrected chi connectivity index (χ1v) is 12.9. The molecule has 4 N–H and O–H groups in total. The molecule has 0 bridgehead atoms. The number of imidazole rings is 2. The van der Waals surface area contributed by atoms with Crippen LogP contribution in [0.5, 0.6) is 0 Å². The van der Waals surface area contributed by atoms with Crippen molar-refractivity contribution >= 4 is 0 Å². The largest absolute Gasteiger partial charge is 0.341 e. The Balaban J connectivity index is 1.14. The third-order valence-corrected chi connectivity index (χ3v) is 7.88. The molecule has 2 aliphatic heterocycles. The smallest absolute Gasteiger partial charge is 0.123 e. The molecule has 6 heteroatoms. The SMILES string of the molecule is CC1CCC(c2ncc(-c3ccc(-c4ccc(-c5cnc(C6CC(C)[C@H](C)N6)[nH]5)cc4)cc3)[nH]2)N1. The molecule has 2 aromatic carbocycles. The van der Waals surface area contributed by atoms with Crippen LogP contribution >= 0.6 is 0 Å². The van der Waals surface area contributed by atoms with Gasteiger partial charge in [0, 0.05) is 12.1 Å². The van der Waals surface area contributed by atoms with Gasteiger partial charge in [-0.15, -0.1) is 0 Å². The van der Waals surface area contributed by atoms with Gasteiger partial charge in [-0.25, -0.2) is 9.97 Å². The zero-order chi connectivity index (χ0) is 23.9. The van der Waals surface area contributed by atoms with E-state index in [0.717, 1.165) is 47.0 Å². The van der Waals surface area contributed by atoms with Crippen LogP contribution in [0.25, 0.3) is 33.6 Å². The summed E-state index contributed by atoms with van der Waals surface area (Å²) in [5.41, 5.74) is 6.85. The molecule has 2 fully saturated rings. The minimum absolute atomic E-state index is 0.315. The molecule has 0 saturated carbocycles. The average molecular weight is 467 g/mol. The van der Waals surface area contributed by atoms with Crippen molar-refractivity contribution < 1.29 is 0 Å². The highest BCUT2D eigenvalue weighted by molar-refractivity contribution is 5.71. The highest BCUT2D eigenvalue weighted by Gasteiger charge is 2.30. The minimum Gasteiger partial charge on any atom is -0.341 e. The van der Waals surface area contributed by atoms with Gasteiger partial charge in [-0.05, 0) is 61.3 Å². The van der Waals surface area contributed by atoms with Crippen LogP contribution in [-0.4, -0.2) is 32.0 Å². The number of H-pyrrole nitrogens is 2. The summed E-state index contributed by atoms with van der Waals surface area (Å²) >= 11 is 0. The van der Waals surface area contributed by atoms with Crippen molar-refractivity contribution in [2.24, 2.45) is 5.92 Å². The fraction of sp³-hybridized carbons (Fsp3) is 0.379. The second-order valence-electron chi connectivity index (χ2n) is 10.4. The maximum absolute atomic E-state index is 4.66. The number of hydrogen-bond acceptors (Lipinski definition) is 4. The van der Waals surface area contributed by atoms with E-state index >= 15 is 0 Å². The summed E-state index contributed by atoms with van der Waals surface area (Å²) in [6.07, 6.45) is 7.37. The Hall–Kier alpha value is -3.22. The Morgan fingerprint density at radius 3 is 1.60 bits per heavy atom. The molecule has 180 valence electrons. The van der Waals surface area contributed by atoms with E-state index in [0.29, 0.717) is 30.1 Å². The summed E-state index contributed by atoms with van der Waals surface area (Å²) in [6.45, 7) is 6.78. The summed E-state index contributed by atoms with van der Waals surface area (Å²) in [7, 11) is 0. The number of hydrogen-bond donors (Lipinski definition) is 4. The summed E-state index contributed by atoms with van der Waals surface area (Å²) < 4.78 is 0. The quantitative estimate of drug-likeness (QED) is 0.290. The molecule has 6 rings (SSSR count). The van der Waals surface area contributed by atoms with Crippen LogP contribution in [0.3, 0.4) is 0 Å². The van der Waals surface area contributed by atoms with Crippen LogP contribution in [0.4, 0.5) is 0 Å². The van der Waals surface area contributed by atoms with Gasteiger partial charge in [0.25, 0.3) is 0 Å². The van der Waals surface area contributed by atoms with E-state index in [2.05, 4.69) is 99.9 Å².